The van der Waals surface area contributed by atoms with Gasteiger partial charge in [-0.15, -0.1) is 0 Å². The van der Waals surface area contributed by atoms with Gasteiger partial charge in [-0.1, -0.05) is 42.5 Å². The van der Waals surface area contributed by atoms with Crippen molar-refractivity contribution < 1.29 is 14.6 Å². The van der Waals surface area contributed by atoms with Gasteiger partial charge in [-0.2, -0.15) is 15.0 Å². The third-order valence-corrected chi connectivity index (χ3v) is 4.42. The van der Waals surface area contributed by atoms with Crippen molar-refractivity contribution in [1.29, 1.82) is 5.26 Å². The third-order valence-electron chi connectivity index (χ3n) is 4.42. The smallest absolute Gasteiger partial charge is 0.357 e. The zero-order valence-electron chi connectivity index (χ0n) is 16.5. The van der Waals surface area contributed by atoms with Crippen LogP contribution < -0.4 is 10.3 Å². The molecule has 0 spiro atoms. The quantitative estimate of drug-likeness (QED) is 0.675. The second-order valence-corrected chi connectivity index (χ2v) is 6.39. The van der Waals surface area contributed by atoms with E-state index >= 15 is 0 Å². The number of rotatable bonds is 6. The molecule has 0 aliphatic carbocycles. The summed E-state index contributed by atoms with van der Waals surface area (Å²) in [5.74, 6) is -0.624. The van der Waals surface area contributed by atoms with Crippen LogP contribution in [0.4, 0.5) is 0 Å². The Bertz CT molecular complexity index is 1220. The standard InChI is InChI=1S/C23H19N3O4/c1-3-30-17-11-8-16(9-12-17)10-13-18-19(14-24)22(27)26(25-21(18)23(28)29)20-7-5-4-6-15(20)2/h4-13H,3H2,1-2H3,(H,28,29)/b13-10-. The van der Waals surface area contributed by atoms with E-state index in [-0.39, 0.29) is 16.8 Å². The maximum Gasteiger partial charge on any atom is 0.357 e. The second kappa shape index (κ2) is 8.88. The normalized spacial score (nSPS) is 10.7. The first-order chi connectivity index (χ1) is 14.5. The van der Waals surface area contributed by atoms with Crippen molar-refractivity contribution in [3.63, 3.8) is 0 Å². The summed E-state index contributed by atoms with van der Waals surface area (Å²) in [4.78, 5) is 24.8. The van der Waals surface area contributed by atoms with Crippen LogP contribution in [0.3, 0.4) is 0 Å². The molecule has 0 saturated heterocycles. The Balaban J connectivity index is 2.14. The second-order valence-electron chi connectivity index (χ2n) is 6.39. The predicted molar refractivity (Wildman–Crippen MR) is 113 cm³/mol. The fourth-order valence-corrected chi connectivity index (χ4v) is 2.95. The minimum atomic E-state index is -1.33. The van der Waals surface area contributed by atoms with E-state index in [9.17, 15) is 20.0 Å². The van der Waals surface area contributed by atoms with Crippen molar-refractivity contribution in [1.82, 2.24) is 9.78 Å². The molecule has 2 aromatic carbocycles. The summed E-state index contributed by atoms with van der Waals surface area (Å²) < 4.78 is 6.36. The molecule has 0 radical (unpaired) electrons. The highest BCUT2D eigenvalue weighted by atomic mass is 16.5. The average molecular weight is 401 g/mol. The Morgan fingerprint density at radius 2 is 1.90 bits per heavy atom. The molecule has 0 aliphatic rings. The molecule has 0 saturated carbocycles. The molecular weight excluding hydrogens is 382 g/mol. The highest BCUT2D eigenvalue weighted by Gasteiger charge is 2.21. The molecule has 7 heteroatoms. The summed E-state index contributed by atoms with van der Waals surface area (Å²) in [6.45, 7) is 4.21. The van der Waals surface area contributed by atoms with Gasteiger partial charge in [0.2, 0.25) is 0 Å². The van der Waals surface area contributed by atoms with E-state index in [2.05, 4.69) is 5.10 Å². The van der Waals surface area contributed by atoms with Crippen molar-refractivity contribution in [3.8, 4) is 17.5 Å². The van der Waals surface area contributed by atoms with Gasteiger partial charge in [0.15, 0.2) is 5.69 Å². The number of hydrogen-bond acceptors (Lipinski definition) is 5. The monoisotopic (exact) mass is 401 g/mol. The van der Waals surface area contributed by atoms with Gasteiger partial charge < -0.3 is 9.84 Å². The van der Waals surface area contributed by atoms with Crippen molar-refractivity contribution in [2.24, 2.45) is 0 Å². The van der Waals surface area contributed by atoms with Crippen molar-refractivity contribution in [3.05, 3.63) is 86.8 Å². The molecule has 30 heavy (non-hydrogen) atoms. The lowest BCUT2D eigenvalue weighted by molar-refractivity contribution is 0.0688. The summed E-state index contributed by atoms with van der Waals surface area (Å²) >= 11 is 0. The van der Waals surface area contributed by atoms with Gasteiger partial charge >= 0.3 is 5.97 Å². The Labute approximate surface area is 173 Å². The molecule has 7 nitrogen and oxygen atoms in total. The van der Waals surface area contributed by atoms with Crippen LogP contribution in [-0.2, 0) is 0 Å². The fraction of sp³-hybridized carbons (Fsp3) is 0.130. The Kier molecular flexibility index (Phi) is 6.08. The summed E-state index contributed by atoms with van der Waals surface area (Å²) in [6.07, 6.45) is 3.05. The molecule has 0 bridgehead atoms. The number of nitrogens with zero attached hydrogens (tertiary/aromatic N) is 3. The molecule has 1 N–H and O–H groups in total. The lowest BCUT2D eigenvalue weighted by atomic mass is 10.1. The van der Waals surface area contributed by atoms with E-state index in [0.29, 0.717) is 18.0 Å². The summed E-state index contributed by atoms with van der Waals surface area (Å²) in [5.41, 5.74) is 0.525. The zero-order valence-corrected chi connectivity index (χ0v) is 16.5. The van der Waals surface area contributed by atoms with Gasteiger partial charge in [-0.05, 0) is 43.2 Å². The third kappa shape index (κ3) is 4.13. The van der Waals surface area contributed by atoms with E-state index in [0.717, 1.165) is 15.8 Å². The van der Waals surface area contributed by atoms with Crippen molar-refractivity contribution in [2.75, 3.05) is 6.61 Å². The number of aromatic nitrogens is 2. The molecule has 0 fully saturated rings. The van der Waals surface area contributed by atoms with Crippen LogP contribution >= 0.6 is 0 Å². The number of nitriles is 1. The molecule has 1 aromatic heterocycles. The molecule has 0 atom stereocenters. The Morgan fingerprint density at radius 3 is 2.50 bits per heavy atom. The zero-order chi connectivity index (χ0) is 21.7. The molecule has 0 unspecified atom stereocenters. The van der Waals surface area contributed by atoms with Crippen molar-refractivity contribution in [2.45, 2.75) is 13.8 Å². The first-order valence-electron chi connectivity index (χ1n) is 9.24. The van der Waals surface area contributed by atoms with Crippen LogP contribution in [0, 0.1) is 18.3 Å². The van der Waals surface area contributed by atoms with Gasteiger partial charge in [0.05, 0.1) is 12.3 Å². The van der Waals surface area contributed by atoms with E-state index in [1.54, 1.807) is 61.5 Å². The Hall–Kier alpha value is -4.18. The van der Waals surface area contributed by atoms with Crippen LogP contribution in [0.2, 0.25) is 0 Å². The first-order valence-corrected chi connectivity index (χ1v) is 9.24. The number of carboxylic acids is 1. The number of para-hydroxylation sites is 1. The highest BCUT2D eigenvalue weighted by Crippen LogP contribution is 2.18. The minimum Gasteiger partial charge on any atom is -0.494 e. The highest BCUT2D eigenvalue weighted by molar-refractivity contribution is 5.92. The fourth-order valence-electron chi connectivity index (χ4n) is 2.95. The maximum atomic E-state index is 12.9. The van der Waals surface area contributed by atoms with E-state index in [1.807, 2.05) is 13.0 Å². The Morgan fingerprint density at radius 1 is 1.20 bits per heavy atom. The number of aryl methyl sites for hydroxylation is 1. The summed E-state index contributed by atoms with van der Waals surface area (Å²) in [5, 5.41) is 23.3. The molecule has 150 valence electrons. The summed E-state index contributed by atoms with van der Waals surface area (Å²) in [6, 6.07) is 15.9. The number of ether oxygens (including phenoxy) is 1. The summed E-state index contributed by atoms with van der Waals surface area (Å²) in [7, 11) is 0. The lowest BCUT2D eigenvalue weighted by Crippen LogP contribution is -2.28. The average Bonchev–Trinajstić information content (AvgIpc) is 2.74. The SMILES string of the molecule is CCOc1ccc(/C=C\c2c(C(=O)O)nn(-c3ccccc3C)c(=O)c2C#N)cc1. The lowest BCUT2D eigenvalue weighted by Gasteiger charge is -2.11. The molecule has 0 aliphatic heterocycles. The topological polar surface area (TPSA) is 105 Å². The molecule has 3 aromatic rings. The van der Waals surface area contributed by atoms with Crippen LogP contribution in [0.15, 0.2) is 53.3 Å². The molecule has 0 amide bonds. The molecule has 3 rings (SSSR count). The van der Waals surface area contributed by atoms with Gasteiger partial charge in [0.1, 0.15) is 17.4 Å². The van der Waals surface area contributed by atoms with Gasteiger partial charge in [-0.25, -0.2) is 4.79 Å². The largest absolute Gasteiger partial charge is 0.494 e. The number of aromatic carboxylic acids is 1. The predicted octanol–water partition coefficient (Wildman–Crippen LogP) is 3.68. The van der Waals surface area contributed by atoms with Crippen LogP contribution in [0.1, 0.15) is 39.7 Å². The van der Waals surface area contributed by atoms with Crippen molar-refractivity contribution >= 4 is 18.1 Å². The van der Waals surface area contributed by atoms with Crippen LogP contribution in [0.5, 0.6) is 5.75 Å². The van der Waals surface area contributed by atoms with E-state index in [4.69, 9.17) is 4.74 Å². The first kappa shape index (κ1) is 20.6. The number of carbonyl (C=O) groups is 1. The van der Waals surface area contributed by atoms with Crippen LogP contribution in [0.25, 0.3) is 17.8 Å². The van der Waals surface area contributed by atoms with Gasteiger partial charge in [-0.3, -0.25) is 4.79 Å². The van der Waals surface area contributed by atoms with Gasteiger partial charge in [0, 0.05) is 5.56 Å². The number of benzene rings is 2. The molecular formula is C23H19N3O4. The number of carboxylic acid groups (broad SMARTS) is 1. The maximum absolute atomic E-state index is 12.9. The van der Waals surface area contributed by atoms with Crippen LogP contribution in [-0.4, -0.2) is 27.5 Å². The molecule has 1 heterocycles. The van der Waals surface area contributed by atoms with E-state index in [1.165, 1.54) is 6.08 Å². The van der Waals surface area contributed by atoms with E-state index < -0.39 is 11.5 Å². The van der Waals surface area contributed by atoms with Gasteiger partial charge in [0.25, 0.3) is 5.56 Å². The minimum absolute atomic E-state index is 0.0336. The number of hydrogen-bond donors (Lipinski definition) is 1.